The number of fused-ring (bicyclic) bond motifs is 1. The quantitative estimate of drug-likeness (QED) is 0.672. The van der Waals surface area contributed by atoms with Crippen LogP contribution >= 0.6 is 11.3 Å². The van der Waals surface area contributed by atoms with Gasteiger partial charge in [0.1, 0.15) is 11.6 Å². The van der Waals surface area contributed by atoms with Gasteiger partial charge < -0.3 is 14.4 Å². The molecule has 0 atom stereocenters. The smallest absolute Gasteiger partial charge is 0.270 e. The lowest BCUT2D eigenvalue weighted by atomic mass is 10.0. The lowest BCUT2D eigenvalue weighted by molar-refractivity contribution is 0.0752. The van der Waals surface area contributed by atoms with Gasteiger partial charge in [0.2, 0.25) is 0 Å². The number of amides is 1. The van der Waals surface area contributed by atoms with Crippen LogP contribution in [0.5, 0.6) is 0 Å². The first kappa shape index (κ1) is 18.3. The lowest BCUT2D eigenvalue weighted by Gasteiger charge is -2.37. The van der Waals surface area contributed by atoms with Crippen LogP contribution in [0.4, 0.5) is 5.69 Å². The van der Waals surface area contributed by atoms with Crippen molar-refractivity contribution in [3.63, 3.8) is 0 Å². The van der Waals surface area contributed by atoms with E-state index in [1.165, 1.54) is 15.9 Å². The molecule has 1 aliphatic heterocycles. The summed E-state index contributed by atoms with van der Waals surface area (Å²) in [6.45, 7) is 4.29. The van der Waals surface area contributed by atoms with Gasteiger partial charge in [-0.1, -0.05) is 17.7 Å². The molecule has 3 heterocycles. The Balaban J connectivity index is 1.71. The molecule has 0 unspecified atom stereocenters. The van der Waals surface area contributed by atoms with Crippen molar-refractivity contribution < 1.29 is 4.79 Å². The molecule has 28 heavy (non-hydrogen) atoms. The number of pyridine rings is 1. The number of thiophene rings is 1. The van der Waals surface area contributed by atoms with E-state index in [9.17, 15) is 14.9 Å². The summed E-state index contributed by atoms with van der Waals surface area (Å²) >= 11 is 1.44. The number of carbonyl (C=O) groups is 1. The number of nitriles is 1. The monoisotopic (exact) mass is 392 g/mol. The zero-order valence-corrected chi connectivity index (χ0v) is 16.6. The van der Waals surface area contributed by atoms with Crippen LogP contribution < -0.4 is 10.5 Å². The second kappa shape index (κ2) is 7.13. The highest BCUT2D eigenvalue weighted by atomic mass is 32.1. The fourth-order valence-electron chi connectivity index (χ4n) is 3.76. The van der Waals surface area contributed by atoms with E-state index in [0.29, 0.717) is 31.9 Å². The van der Waals surface area contributed by atoms with Crippen LogP contribution in [0.25, 0.3) is 10.9 Å². The zero-order chi connectivity index (χ0) is 19.8. The van der Waals surface area contributed by atoms with Crippen molar-refractivity contribution in [2.75, 3.05) is 31.1 Å². The standard InChI is InChI=1S/C21H20N4O2S/c1-14-5-6-17-15(12-14)19(16(13-22)20(26)23(17)2)24-7-9-25(10-8-24)21(27)18-4-3-11-28-18/h3-6,11-12H,7-10H2,1-2H3. The van der Waals surface area contributed by atoms with Crippen molar-refractivity contribution in [2.24, 2.45) is 7.05 Å². The van der Waals surface area contributed by atoms with E-state index < -0.39 is 0 Å². The average Bonchev–Trinajstić information content (AvgIpc) is 3.25. The summed E-state index contributed by atoms with van der Waals surface area (Å²) in [6, 6.07) is 11.7. The number of aromatic nitrogens is 1. The number of anilines is 1. The summed E-state index contributed by atoms with van der Waals surface area (Å²) in [6.07, 6.45) is 0. The Hall–Kier alpha value is -3.11. The van der Waals surface area contributed by atoms with Gasteiger partial charge >= 0.3 is 0 Å². The van der Waals surface area contributed by atoms with Gasteiger partial charge in [0.05, 0.1) is 16.1 Å². The summed E-state index contributed by atoms with van der Waals surface area (Å²) in [5, 5.41) is 12.5. The van der Waals surface area contributed by atoms with E-state index in [2.05, 4.69) is 11.0 Å². The van der Waals surface area contributed by atoms with Crippen molar-refractivity contribution in [1.82, 2.24) is 9.47 Å². The molecule has 1 aromatic carbocycles. The Morgan fingerprint density at radius 3 is 2.57 bits per heavy atom. The van der Waals surface area contributed by atoms with Gasteiger partial charge in [-0.2, -0.15) is 5.26 Å². The molecule has 0 saturated carbocycles. The van der Waals surface area contributed by atoms with E-state index in [4.69, 9.17) is 0 Å². The molecule has 1 fully saturated rings. The van der Waals surface area contributed by atoms with Gasteiger partial charge in [0.15, 0.2) is 0 Å². The summed E-state index contributed by atoms with van der Waals surface area (Å²) < 4.78 is 1.54. The number of piperazine rings is 1. The molecule has 0 N–H and O–H groups in total. The zero-order valence-electron chi connectivity index (χ0n) is 15.8. The summed E-state index contributed by atoms with van der Waals surface area (Å²) in [5.41, 5.74) is 2.45. The SMILES string of the molecule is Cc1ccc2c(c1)c(N1CCN(C(=O)c3cccs3)CC1)c(C#N)c(=O)n2C. The molecule has 0 radical (unpaired) electrons. The van der Waals surface area contributed by atoms with E-state index >= 15 is 0 Å². The van der Waals surface area contributed by atoms with E-state index in [-0.39, 0.29) is 17.0 Å². The molecule has 0 spiro atoms. The molecule has 142 valence electrons. The molecule has 0 bridgehead atoms. The minimum absolute atomic E-state index is 0.0415. The largest absolute Gasteiger partial charge is 0.366 e. The number of rotatable bonds is 2. The number of hydrogen-bond donors (Lipinski definition) is 0. The Morgan fingerprint density at radius 1 is 1.18 bits per heavy atom. The van der Waals surface area contributed by atoms with Crippen LogP contribution in [0.15, 0.2) is 40.5 Å². The van der Waals surface area contributed by atoms with Crippen LogP contribution in [0.1, 0.15) is 20.8 Å². The third-order valence-corrected chi connectivity index (χ3v) is 6.11. The Kier molecular flexibility index (Phi) is 4.65. The first-order valence-corrected chi connectivity index (χ1v) is 10.0. The van der Waals surface area contributed by atoms with Crippen LogP contribution in [-0.2, 0) is 7.05 Å². The molecule has 7 heteroatoms. The fraction of sp³-hybridized carbons (Fsp3) is 0.286. The number of nitrogens with zero attached hydrogens (tertiary/aromatic N) is 4. The highest BCUT2D eigenvalue weighted by molar-refractivity contribution is 7.12. The van der Waals surface area contributed by atoms with Gasteiger partial charge in [-0.25, -0.2) is 0 Å². The molecule has 1 saturated heterocycles. The molecule has 3 aromatic rings. The maximum atomic E-state index is 12.7. The highest BCUT2D eigenvalue weighted by Crippen LogP contribution is 2.30. The molecule has 6 nitrogen and oxygen atoms in total. The lowest BCUT2D eigenvalue weighted by Crippen LogP contribution is -2.49. The van der Waals surface area contributed by atoms with Crippen molar-refractivity contribution >= 4 is 33.8 Å². The molecular weight excluding hydrogens is 372 g/mol. The normalized spacial score (nSPS) is 14.3. The Morgan fingerprint density at radius 2 is 1.93 bits per heavy atom. The van der Waals surface area contributed by atoms with E-state index in [0.717, 1.165) is 21.3 Å². The summed E-state index contributed by atoms with van der Waals surface area (Å²) in [7, 11) is 1.70. The Labute approximate surface area is 166 Å². The van der Waals surface area contributed by atoms with Crippen LogP contribution in [-0.4, -0.2) is 41.6 Å². The molecule has 4 rings (SSSR count). The Bertz CT molecular complexity index is 1150. The summed E-state index contributed by atoms with van der Waals surface area (Å²) in [4.78, 5) is 30.0. The van der Waals surface area contributed by atoms with Crippen molar-refractivity contribution in [3.05, 3.63) is 62.1 Å². The molecule has 1 amide bonds. The predicted molar refractivity (Wildman–Crippen MR) is 111 cm³/mol. The van der Waals surface area contributed by atoms with Crippen molar-refractivity contribution in [2.45, 2.75) is 6.92 Å². The second-order valence-corrected chi connectivity index (χ2v) is 7.92. The van der Waals surface area contributed by atoms with Crippen LogP contribution in [0.2, 0.25) is 0 Å². The number of hydrogen-bond acceptors (Lipinski definition) is 5. The maximum absolute atomic E-state index is 12.7. The predicted octanol–water partition coefficient (Wildman–Crippen LogP) is 2.74. The fourth-order valence-corrected chi connectivity index (χ4v) is 4.45. The van der Waals surface area contributed by atoms with Crippen molar-refractivity contribution in [3.8, 4) is 6.07 Å². The van der Waals surface area contributed by atoms with Gasteiger partial charge in [0, 0.05) is 38.6 Å². The molecule has 0 aliphatic carbocycles. The minimum Gasteiger partial charge on any atom is -0.366 e. The van der Waals surface area contributed by atoms with E-state index in [1.807, 2.05) is 47.5 Å². The number of carbonyl (C=O) groups excluding carboxylic acids is 1. The second-order valence-electron chi connectivity index (χ2n) is 6.98. The third kappa shape index (κ3) is 2.96. The first-order chi connectivity index (χ1) is 13.5. The van der Waals surface area contributed by atoms with E-state index in [1.54, 1.807) is 7.05 Å². The molecular formula is C21H20N4O2S. The van der Waals surface area contributed by atoms with Gasteiger partial charge in [-0.15, -0.1) is 11.3 Å². The third-order valence-electron chi connectivity index (χ3n) is 5.25. The topological polar surface area (TPSA) is 69.3 Å². The van der Waals surface area contributed by atoms with Gasteiger partial charge in [-0.3, -0.25) is 9.59 Å². The maximum Gasteiger partial charge on any atom is 0.270 e. The first-order valence-electron chi connectivity index (χ1n) is 9.12. The highest BCUT2D eigenvalue weighted by Gasteiger charge is 2.27. The average molecular weight is 392 g/mol. The van der Waals surface area contributed by atoms with Gasteiger partial charge in [-0.05, 0) is 30.5 Å². The van der Waals surface area contributed by atoms with Gasteiger partial charge in [0.25, 0.3) is 11.5 Å². The number of benzene rings is 1. The molecule has 1 aliphatic rings. The minimum atomic E-state index is -0.286. The van der Waals surface area contributed by atoms with Crippen LogP contribution in [0.3, 0.4) is 0 Å². The molecule has 2 aromatic heterocycles. The van der Waals surface area contributed by atoms with Crippen molar-refractivity contribution in [1.29, 1.82) is 5.26 Å². The number of aryl methyl sites for hydroxylation is 2. The summed E-state index contributed by atoms with van der Waals surface area (Å²) in [5.74, 6) is 0.0415. The van der Waals surface area contributed by atoms with Crippen LogP contribution in [0, 0.1) is 18.3 Å².